The largest absolute Gasteiger partial charge is 0.417 e. The van der Waals surface area contributed by atoms with Crippen molar-refractivity contribution in [3.05, 3.63) is 44.6 Å². The van der Waals surface area contributed by atoms with Crippen molar-refractivity contribution in [1.29, 1.82) is 0 Å². The summed E-state index contributed by atoms with van der Waals surface area (Å²) < 4.78 is 65.8. The van der Waals surface area contributed by atoms with Gasteiger partial charge in [-0.15, -0.1) is 11.3 Å². The number of hydrogen-bond donors (Lipinski definition) is 0. The Morgan fingerprint density at radius 1 is 1.23 bits per heavy atom. The number of halogens is 7. The van der Waals surface area contributed by atoms with E-state index in [4.69, 9.17) is 23.2 Å². The number of aromatic nitrogens is 2. The molecule has 0 bridgehead atoms. The van der Waals surface area contributed by atoms with Crippen LogP contribution in [0.5, 0.6) is 0 Å². The molecular formula is C11H3Cl2F5N2OS. The van der Waals surface area contributed by atoms with E-state index in [1.807, 2.05) is 0 Å². The normalized spacial score (nSPS) is 12.5. The zero-order chi connectivity index (χ0) is 16.7. The molecule has 3 nitrogen and oxygen atoms in total. The second-order valence-electron chi connectivity index (χ2n) is 3.94. The monoisotopic (exact) mass is 376 g/mol. The van der Waals surface area contributed by atoms with Crippen molar-refractivity contribution in [3.8, 4) is 0 Å². The highest BCUT2D eigenvalue weighted by molar-refractivity contribution is 7.10. The van der Waals surface area contributed by atoms with Gasteiger partial charge in [-0.3, -0.25) is 9.78 Å². The predicted molar refractivity (Wildman–Crippen MR) is 69.5 cm³/mol. The van der Waals surface area contributed by atoms with Crippen molar-refractivity contribution in [2.45, 2.75) is 12.1 Å². The summed E-state index contributed by atoms with van der Waals surface area (Å²) in [6.07, 6.45) is -4.51. The molecule has 0 aliphatic carbocycles. The SMILES string of the molecule is O=C(Cl)c1csc(C(F)(F)c2ncc(C(F)(F)F)cc2Cl)n1. The van der Waals surface area contributed by atoms with Crippen molar-refractivity contribution in [3.63, 3.8) is 0 Å². The summed E-state index contributed by atoms with van der Waals surface area (Å²) in [5.41, 5.74) is -2.75. The Hall–Kier alpha value is -1.32. The summed E-state index contributed by atoms with van der Waals surface area (Å²) in [5.74, 6) is -3.86. The molecule has 0 N–H and O–H groups in total. The Morgan fingerprint density at radius 2 is 1.86 bits per heavy atom. The summed E-state index contributed by atoms with van der Waals surface area (Å²) >= 11 is 11.0. The number of carbonyl (C=O) groups is 1. The number of thiazole rings is 1. The molecule has 22 heavy (non-hydrogen) atoms. The predicted octanol–water partition coefficient (Wildman–Crippen LogP) is 4.73. The van der Waals surface area contributed by atoms with Crippen LogP contribution in [0, 0.1) is 0 Å². The number of rotatable bonds is 3. The molecule has 0 spiro atoms. The van der Waals surface area contributed by atoms with Crippen molar-refractivity contribution < 1.29 is 26.7 Å². The van der Waals surface area contributed by atoms with Crippen LogP contribution in [0.4, 0.5) is 22.0 Å². The van der Waals surface area contributed by atoms with Gasteiger partial charge in [-0.25, -0.2) is 4.98 Å². The van der Waals surface area contributed by atoms with Gasteiger partial charge in [0, 0.05) is 11.6 Å². The second kappa shape index (κ2) is 5.71. The zero-order valence-corrected chi connectivity index (χ0v) is 12.4. The molecule has 0 saturated heterocycles. The smallest absolute Gasteiger partial charge is 0.274 e. The maximum absolute atomic E-state index is 14.2. The molecule has 0 aliphatic rings. The van der Waals surface area contributed by atoms with E-state index in [1.54, 1.807) is 0 Å². The van der Waals surface area contributed by atoms with E-state index in [1.165, 1.54) is 0 Å². The molecule has 11 heteroatoms. The molecule has 0 fully saturated rings. The molecule has 0 saturated carbocycles. The molecule has 2 rings (SSSR count). The fraction of sp³-hybridized carbons (Fsp3) is 0.182. The van der Waals surface area contributed by atoms with Gasteiger partial charge in [-0.05, 0) is 17.7 Å². The van der Waals surface area contributed by atoms with Crippen LogP contribution in [-0.4, -0.2) is 15.2 Å². The van der Waals surface area contributed by atoms with Gasteiger partial charge in [0.05, 0.1) is 10.6 Å². The third-order valence-corrected chi connectivity index (χ3v) is 3.83. The Morgan fingerprint density at radius 3 is 2.32 bits per heavy atom. The van der Waals surface area contributed by atoms with Gasteiger partial charge < -0.3 is 0 Å². The Kier molecular flexibility index (Phi) is 4.42. The summed E-state index contributed by atoms with van der Waals surface area (Å²) in [6.45, 7) is 0. The van der Waals surface area contributed by atoms with Crippen molar-refractivity contribution in [2.75, 3.05) is 0 Å². The Labute approximate surface area is 133 Å². The van der Waals surface area contributed by atoms with Gasteiger partial charge in [0.15, 0.2) is 5.01 Å². The van der Waals surface area contributed by atoms with Crippen LogP contribution in [0.25, 0.3) is 0 Å². The minimum atomic E-state index is -4.76. The molecule has 0 aliphatic heterocycles. The van der Waals surface area contributed by atoms with Crippen molar-refractivity contribution in [2.24, 2.45) is 0 Å². The van der Waals surface area contributed by atoms with E-state index in [0.717, 1.165) is 5.38 Å². The molecule has 2 heterocycles. The number of pyridine rings is 1. The van der Waals surface area contributed by atoms with E-state index in [2.05, 4.69) is 9.97 Å². The van der Waals surface area contributed by atoms with E-state index < -0.39 is 44.3 Å². The van der Waals surface area contributed by atoms with Gasteiger partial charge in [0.2, 0.25) is 0 Å². The summed E-state index contributed by atoms with van der Waals surface area (Å²) in [4.78, 5) is 17.3. The molecule has 0 atom stereocenters. The van der Waals surface area contributed by atoms with Crippen LogP contribution >= 0.6 is 34.5 Å². The number of alkyl halides is 5. The first-order chi connectivity index (χ1) is 10.0. The van der Waals surface area contributed by atoms with Crippen LogP contribution in [0.2, 0.25) is 5.02 Å². The number of hydrogen-bond acceptors (Lipinski definition) is 4. The van der Waals surface area contributed by atoms with Gasteiger partial charge in [0.25, 0.3) is 5.24 Å². The molecule has 0 unspecified atom stereocenters. The molecule has 2 aromatic heterocycles. The van der Waals surface area contributed by atoms with Crippen LogP contribution in [0.3, 0.4) is 0 Å². The van der Waals surface area contributed by atoms with Crippen LogP contribution in [-0.2, 0) is 12.1 Å². The van der Waals surface area contributed by atoms with E-state index in [-0.39, 0.29) is 6.20 Å². The summed E-state index contributed by atoms with van der Waals surface area (Å²) in [6, 6.07) is 0.346. The average molecular weight is 377 g/mol. The number of carbonyl (C=O) groups excluding carboxylic acids is 1. The molecular weight excluding hydrogens is 374 g/mol. The second-order valence-corrected chi connectivity index (χ2v) is 5.55. The minimum absolute atomic E-state index is 0.246. The van der Waals surface area contributed by atoms with Crippen LogP contribution in [0.1, 0.15) is 26.8 Å². The van der Waals surface area contributed by atoms with Gasteiger partial charge in [0.1, 0.15) is 11.4 Å². The lowest BCUT2D eigenvalue weighted by atomic mass is 10.2. The summed E-state index contributed by atoms with van der Waals surface area (Å²) in [5, 5.41) is -1.76. The standard InChI is InChI=1S/C11H3Cl2F5N2OS/c12-5-1-4(11(16,17)18)2-19-7(5)10(14,15)9-20-6(3-22-9)8(13)21/h1-3H. The third-order valence-electron chi connectivity index (χ3n) is 2.44. The lowest BCUT2D eigenvalue weighted by Crippen LogP contribution is -2.19. The van der Waals surface area contributed by atoms with Crippen molar-refractivity contribution >= 4 is 39.8 Å². The van der Waals surface area contributed by atoms with E-state index >= 15 is 0 Å². The molecule has 0 aromatic carbocycles. The van der Waals surface area contributed by atoms with Gasteiger partial charge >= 0.3 is 12.1 Å². The highest BCUT2D eigenvalue weighted by Crippen LogP contribution is 2.41. The summed E-state index contributed by atoms with van der Waals surface area (Å²) in [7, 11) is 0. The quantitative estimate of drug-likeness (QED) is 0.574. The fourth-order valence-electron chi connectivity index (χ4n) is 1.43. The fourth-order valence-corrected chi connectivity index (χ4v) is 2.66. The lowest BCUT2D eigenvalue weighted by Gasteiger charge is -2.15. The minimum Gasteiger partial charge on any atom is -0.274 e. The van der Waals surface area contributed by atoms with E-state index in [9.17, 15) is 26.7 Å². The highest BCUT2D eigenvalue weighted by atomic mass is 35.5. The average Bonchev–Trinajstić information content (AvgIpc) is 2.87. The Bertz CT molecular complexity index is 732. The van der Waals surface area contributed by atoms with Crippen LogP contribution < -0.4 is 0 Å². The lowest BCUT2D eigenvalue weighted by molar-refractivity contribution is -0.137. The van der Waals surface area contributed by atoms with Gasteiger partial charge in [-0.1, -0.05) is 11.6 Å². The molecule has 118 valence electrons. The first-order valence-corrected chi connectivity index (χ1v) is 6.94. The topological polar surface area (TPSA) is 42.9 Å². The maximum atomic E-state index is 14.2. The van der Waals surface area contributed by atoms with Crippen molar-refractivity contribution in [1.82, 2.24) is 9.97 Å². The van der Waals surface area contributed by atoms with E-state index in [0.29, 0.717) is 17.4 Å². The van der Waals surface area contributed by atoms with Gasteiger partial charge in [-0.2, -0.15) is 22.0 Å². The zero-order valence-electron chi connectivity index (χ0n) is 10.1. The first-order valence-electron chi connectivity index (χ1n) is 5.30. The molecule has 0 radical (unpaired) electrons. The highest BCUT2D eigenvalue weighted by Gasteiger charge is 2.42. The molecule has 0 amide bonds. The van der Waals surface area contributed by atoms with Crippen LogP contribution in [0.15, 0.2) is 17.6 Å². The third kappa shape index (κ3) is 3.21. The maximum Gasteiger partial charge on any atom is 0.417 e. The number of nitrogens with zero attached hydrogens (tertiary/aromatic N) is 2. The first kappa shape index (κ1) is 17.0. The molecule has 2 aromatic rings. The Balaban J connectivity index is 2.46.